The first-order chi connectivity index (χ1) is 10.6. The van der Waals surface area contributed by atoms with Crippen LogP contribution in [-0.4, -0.2) is 49.2 Å². The van der Waals surface area contributed by atoms with Crippen molar-refractivity contribution in [2.24, 2.45) is 0 Å². The lowest BCUT2D eigenvalue weighted by molar-refractivity contribution is -0.122. The number of benzene rings is 1. The van der Waals surface area contributed by atoms with E-state index in [1.807, 2.05) is 24.3 Å². The molecule has 1 atom stereocenters. The third-order valence-electron chi connectivity index (χ3n) is 5.00. The van der Waals surface area contributed by atoms with E-state index in [2.05, 4.69) is 22.5 Å². The zero-order valence-electron chi connectivity index (χ0n) is 13.4. The van der Waals surface area contributed by atoms with E-state index in [1.165, 1.54) is 0 Å². The number of piperidine rings is 1. The lowest BCUT2D eigenvalue weighted by Crippen LogP contribution is -2.59. The Labute approximate surface area is 132 Å². The molecule has 120 valence electrons. The molecule has 1 saturated heterocycles. The summed E-state index contributed by atoms with van der Waals surface area (Å²) in [6.07, 6.45) is 2.71. The number of likely N-dealkylation sites (tertiary alicyclic amines) is 1. The molecule has 5 nitrogen and oxygen atoms in total. The molecule has 0 saturated carbocycles. The molecule has 1 spiro atoms. The molecule has 0 aliphatic carbocycles. The van der Waals surface area contributed by atoms with Gasteiger partial charge >= 0.3 is 0 Å². The molecular weight excluding hydrogens is 278 g/mol. The van der Waals surface area contributed by atoms with Crippen molar-refractivity contribution in [3.05, 3.63) is 24.3 Å². The van der Waals surface area contributed by atoms with Gasteiger partial charge in [0.2, 0.25) is 5.91 Å². The number of carbonyl (C=O) groups is 1. The van der Waals surface area contributed by atoms with Crippen molar-refractivity contribution in [1.29, 1.82) is 0 Å². The number of nitrogens with zero attached hydrogens (tertiary/aromatic N) is 1. The van der Waals surface area contributed by atoms with Crippen LogP contribution in [0.4, 0.5) is 11.4 Å². The molecule has 0 bridgehead atoms. The average molecular weight is 303 g/mol. The molecule has 1 amide bonds. The van der Waals surface area contributed by atoms with Crippen molar-refractivity contribution in [3.8, 4) is 0 Å². The third kappa shape index (κ3) is 2.83. The predicted molar refractivity (Wildman–Crippen MR) is 88.2 cm³/mol. The van der Waals surface area contributed by atoms with Crippen molar-refractivity contribution in [2.45, 2.75) is 37.8 Å². The predicted octanol–water partition coefficient (Wildman–Crippen LogP) is 2.31. The maximum Gasteiger partial charge on any atom is 0.250 e. The number of fused-ring (bicyclic) bond motifs is 1. The van der Waals surface area contributed by atoms with Gasteiger partial charge in [0.15, 0.2) is 0 Å². The Morgan fingerprint density at radius 1 is 1.27 bits per heavy atom. The fourth-order valence-corrected chi connectivity index (χ4v) is 3.43. The van der Waals surface area contributed by atoms with Gasteiger partial charge in [-0.3, -0.25) is 4.79 Å². The van der Waals surface area contributed by atoms with E-state index < -0.39 is 5.54 Å². The molecule has 1 aromatic rings. The molecule has 3 rings (SSSR count). The molecule has 5 heteroatoms. The zero-order chi connectivity index (χ0) is 15.6. The molecule has 1 fully saturated rings. The highest BCUT2D eigenvalue weighted by molar-refractivity contribution is 6.06. The Balaban J connectivity index is 1.66. The summed E-state index contributed by atoms with van der Waals surface area (Å²) in [4.78, 5) is 15.0. The summed E-state index contributed by atoms with van der Waals surface area (Å²) < 4.78 is 5.17. The van der Waals surface area contributed by atoms with E-state index in [4.69, 9.17) is 4.74 Å². The number of rotatable bonds is 4. The van der Waals surface area contributed by atoms with E-state index in [-0.39, 0.29) is 5.91 Å². The highest BCUT2D eigenvalue weighted by Gasteiger charge is 2.44. The van der Waals surface area contributed by atoms with Gasteiger partial charge in [-0.2, -0.15) is 0 Å². The van der Waals surface area contributed by atoms with Crippen molar-refractivity contribution in [3.63, 3.8) is 0 Å². The summed E-state index contributed by atoms with van der Waals surface area (Å²) in [6, 6.07) is 8.41. The fourth-order valence-electron chi connectivity index (χ4n) is 3.43. The summed E-state index contributed by atoms with van der Waals surface area (Å²) in [7, 11) is 1.74. The van der Waals surface area contributed by atoms with Gasteiger partial charge in [0.1, 0.15) is 5.54 Å². The second kappa shape index (κ2) is 6.26. The van der Waals surface area contributed by atoms with Crippen LogP contribution in [0.3, 0.4) is 0 Å². The lowest BCUT2D eigenvalue weighted by atomic mass is 9.84. The van der Waals surface area contributed by atoms with E-state index in [1.54, 1.807) is 7.11 Å². The standard InChI is InChI=1S/C17H25N3O2/c1-13(7-12-22-2)20-10-8-17(9-11-20)16(21)18-14-5-3-4-6-15(14)19-17/h3-6,13,19H,7-12H2,1-2H3,(H,18,21)/t13-/m1/s1. The number of nitrogens with one attached hydrogen (secondary N) is 2. The summed E-state index contributed by atoms with van der Waals surface area (Å²) in [5.41, 5.74) is 1.46. The van der Waals surface area contributed by atoms with Crippen LogP contribution in [0.15, 0.2) is 24.3 Å². The SMILES string of the molecule is COCC[C@@H](C)N1CCC2(CC1)Nc1ccccc1NC2=O. The van der Waals surface area contributed by atoms with Crippen LogP contribution < -0.4 is 10.6 Å². The van der Waals surface area contributed by atoms with Gasteiger partial charge < -0.3 is 20.3 Å². The molecule has 2 aliphatic rings. The lowest BCUT2D eigenvalue weighted by Gasteiger charge is -2.45. The molecule has 0 unspecified atom stereocenters. The molecule has 0 radical (unpaired) electrons. The Morgan fingerprint density at radius 2 is 1.95 bits per heavy atom. The van der Waals surface area contributed by atoms with E-state index in [9.17, 15) is 4.79 Å². The third-order valence-corrected chi connectivity index (χ3v) is 5.00. The van der Waals surface area contributed by atoms with Gasteiger partial charge in [-0.15, -0.1) is 0 Å². The molecule has 1 aromatic carbocycles. The number of hydrogen-bond donors (Lipinski definition) is 2. The minimum Gasteiger partial charge on any atom is -0.385 e. The van der Waals surface area contributed by atoms with Crippen LogP contribution >= 0.6 is 0 Å². The van der Waals surface area contributed by atoms with Crippen LogP contribution in [0.25, 0.3) is 0 Å². The smallest absolute Gasteiger partial charge is 0.250 e. The fraction of sp³-hybridized carbons (Fsp3) is 0.588. The summed E-state index contributed by atoms with van der Waals surface area (Å²) >= 11 is 0. The van der Waals surface area contributed by atoms with Crippen molar-refractivity contribution < 1.29 is 9.53 Å². The highest BCUT2D eigenvalue weighted by Crippen LogP contribution is 2.36. The second-order valence-corrected chi connectivity index (χ2v) is 6.37. The van der Waals surface area contributed by atoms with Crippen LogP contribution in [0.2, 0.25) is 0 Å². The van der Waals surface area contributed by atoms with Crippen molar-refractivity contribution in [1.82, 2.24) is 4.90 Å². The Morgan fingerprint density at radius 3 is 2.64 bits per heavy atom. The number of carbonyl (C=O) groups excluding carboxylic acids is 1. The number of anilines is 2. The van der Waals surface area contributed by atoms with E-state index in [0.29, 0.717) is 6.04 Å². The summed E-state index contributed by atoms with van der Waals surface area (Å²) in [5.74, 6) is 0.107. The molecule has 2 N–H and O–H groups in total. The monoisotopic (exact) mass is 303 g/mol. The topological polar surface area (TPSA) is 53.6 Å². The quantitative estimate of drug-likeness (QED) is 0.896. The van der Waals surface area contributed by atoms with Crippen molar-refractivity contribution >= 4 is 17.3 Å². The maximum absolute atomic E-state index is 12.6. The normalized spacial score (nSPS) is 21.8. The largest absolute Gasteiger partial charge is 0.385 e. The second-order valence-electron chi connectivity index (χ2n) is 6.37. The number of methoxy groups -OCH3 is 1. The Kier molecular flexibility index (Phi) is 4.36. The van der Waals surface area contributed by atoms with Gasteiger partial charge in [0.05, 0.1) is 11.4 Å². The van der Waals surface area contributed by atoms with E-state index >= 15 is 0 Å². The Bertz CT molecular complexity index is 538. The Hall–Kier alpha value is -1.59. The first-order valence-electron chi connectivity index (χ1n) is 8.06. The van der Waals surface area contributed by atoms with E-state index in [0.717, 1.165) is 50.3 Å². The summed E-state index contributed by atoms with van der Waals surface area (Å²) in [6.45, 7) is 4.90. The minimum absolute atomic E-state index is 0.107. The first kappa shape index (κ1) is 15.3. The minimum atomic E-state index is -0.453. The van der Waals surface area contributed by atoms with Crippen LogP contribution in [0.1, 0.15) is 26.2 Å². The van der Waals surface area contributed by atoms with Gasteiger partial charge in [0.25, 0.3) is 0 Å². The molecule has 2 heterocycles. The molecule has 0 aromatic heterocycles. The number of hydrogen-bond acceptors (Lipinski definition) is 4. The average Bonchev–Trinajstić information content (AvgIpc) is 2.54. The number of para-hydroxylation sites is 2. The zero-order valence-corrected chi connectivity index (χ0v) is 13.4. The number of amides is 1. The van der Waals surface area contributed by atoms with Crippen LogP contribution in [0, 0.1) is 0 Å². The van der Waals surface area contributed by atoms with Gasteiger partial charge in [0, 0.05) is 32.8 Å². The van der Waals surface area contributed by atoms with Gasteiger partial charge in [-0.1, -0.05) is 12.1 Å². The number of ether oxygens (including phenoxy) is 1. The molecule has 22 heavy (non-hydrogen) atoms. The molecule has 2 aliphatic heterocycles. The maximum atomic E-state index is 12.6. The first-order valence-corrected chi connectivity index (χ1v) is 8.06. The van der Waals surface area contributed by atoms with Gasteiger partial charge in [-0.25, -0.2) is 0 Å². The van der Waals surface area contributed by atoms with Crippen LogP contribution in [0.5, 0.6) is 0 Å². The molecular formula is C17H25N3O2. The van der Waals surface area contributed by atoms with Crippen molar-refractivity contribution in [2.75, 3.05) is 37.4 Å². The highest BCUT2D eigenvalue weighted by atomic mass is 16.5. The van der Waals surface area contributed by atoms with Crippen LogP contribution in [-0.2, 0) is 9.53 Å². The van der Waals surface area contributed by atoms with Gasteiger partial charge in [-0.05, 0) is 38.3 Å². The summed E-state index contributed by atoms with van der Waals surface area (Å²) in [5, 5.41) is 6.56.